The predicted molar refractivity (Wildman–Crippen MR) is 95.1 cm³/mol. The molecule has 2 aromatic carbocycles. The van der Waals surface area contributed by atoms with Crippen molar-refractivity contribution in [1.82, 2.24) is 0 Å². The van der Waals surface area contributed by atoms with Gasteiger partial charge in [-0.05, 0) is 67.6 Å². The van der Waals surface area contributed by atoms with Gasteiger partial charge in [0.05, 0.1) is 12.5 Å². The first-order valence-electron chi connectivity index (χ1n) is 8.40. The molecule has 5 heteroatoms. The third kappa shape index (κ3) is 4.59. The number of carboxylic acids is 1. The summed E-state index contributed by atoms with van der Waals surface area (Å²) in [4.78, 5) is 23.4. The van der Waals surface area contributed by atoms with Gasteiger partial charge in [0.15, 0.2) is 0 Å². The summed E-state index contributed by atoms with van der Waals surface area (Å²) in [6.07, 6.45) is 2.47. The van der Waals surface area contributed by atoms with Crippen LogP contribution in [-0.4, -0.2) is 23.6 Å². The lowest BCUT2D eigenvalue weighted by atomic mass is 10.0. The molecular weight excluding hydrogens is 318 g/mol. The molecule has 1 atom stereocenters. The molecule has 1 aliphatic rings. The van der Waals surface area contributed by atoms with Gasteiger partial charge in [-0.15, -0.1) is 0 Å². The highest BCUT2D eigenvalue weighted by Crippen LogP contribution is 2.29. The van der Waals surface area contributed by atoms with E-state index in [9.17, 15) is 9.59 Å². The Hall–Kier alpha value is -2.82. The van der Waals surface area contributed by atoms with Gasteiger partial charge < -0.3 is 15.2 Å². The summed E-state index contributed by atoms with van der Waals surface area (Å²) in [5.74, 6) is -0.317. The maximum Gasteiger partial charge on any atom is 0.310 e. The quantitative estimate of drug-likeness (QED) is 0.802. The highest BCUT2D eigenvalue weighted by molar-refractivity contribution is 6.04. The van der Waals surface area contributed by atoms with Crippen LogP contribution in [0.4, 0.5) is 5.69 Å². The zero-order valence-corrected chi connectivity index (χ0v) is 14.1. The molecular formula is C20H21NO4. The van der Waals surface area contributed by atoms with E-state index < -0.39 is 11.9 Å². The molecule has 1 aliphatic carbocycles. The SMILES string of the molecule is CC(C(=O)O)c1cccc(NC(=O)c2ccc(OCC3CC3)cc2)c1. The van der Waals surface area contributed by atoms with Crippen LogP contribution in [0.1, 0.15) is 41.6 Å². The third-order valence-electron chi connectivity index (χ3n) is 4.31. The maximum atomic E-state index is 12.3. The molecule has 3 rings (SSSR count). The average molecular weight is 339 g/mol. The van der Waals surface area contributed by atoms with E-state index in [1.54, 1.807) is 55.5 Å². The molecule has 0 bridgehead atoms. The number of aliphatic carboxylic acids is 1. The average Bonchev–Trinajstić information content (AvgIpc) is 3.44. The Morgan fingerprint density at radius 1 is 1.20 bits per heavy atom. The van der Waals surface area contributed by atoms with Crippen LogP contribution in [0, 0.1) is 5.92 Å². The normalized spacial score (nSPS) is 14.6. The fourth-order valence-corrected chi connectivity index (χ4v) is 2.43. The lowest BCUT2D eigenvalue weighted by Gasteiger charge is -2.10. The van der Waals surface area contributed by atoms with Crippen LogP contribution in [0.15, 0.2) is 48.5 Å². The predicted octanol–water partition coefficient (Wildman–Crippen LogP) is 3.92. The molecule has 1 fully saturated rings. The number of anilines is 1. The van der Waals surface area contributed by atoms with Crippen molar-refractivity contribution in [3.63, 3.8) is 0 Å². The number of hydrogen-bond acceptors (Lipinski definition) is 3. The zero-order chi connectivity index (χ0) is 17.8. The molecule has 0 aromatic heterocycles. The summed E-state index contributed by atoms with van der Waals surface area (Å²) in [5.41, 5.74) is 1.74. The number of ether oxygens (including phenoxy) is 1. The van der Waals surface area contributed by atoms with Crippen molar-refractivity contribution in [2.24, 2.45) is 5.92 Å². The van der Waals surface area contributed by atoms with Crippen LogP contribution in [0.25, 0.3) is 0 Å². The van der Waals surface area contributed by atoms with Gasteiger partial charge >= 0.3 is 5.97 Å². The molecule has 2 aromatic rings. The van der Waals surface area contributed by atoms with Crippen LogP contribution in [0.5, 0.6) is 5.75 Å². The molecule has 1 unspecified atom stereocenters. The van der Waals surface area contributed by atoms with Crippen molar-refractivity contribution in [3.05, 3.63) is 59.7 Å². The molecule has 130 valence electrons. The highest BCUT2D eigenvalue weighted by Gasteiger charge is 2.21. The van der Waals surface area contributed by atoms with Crippen molar-refractivity contribution in [1.29, 1.82) is 0 Å². The van der Waals surface area contributed by atoms with Crippen LogP contribution < -0.4 is 10.1 Å². The van der Waals surface area contributed by atoms with Crippen LogP contribution in [0.2, 0.25) is 0 Å². The second kappa shape index (κ2) is 7.38. The Bertz CT molecular complexity index is 766. The van der Waals surface area contributed by atoms with E-state index >= 15 is 0 Å². The van der Waals surface area contributed by atoms with E-state index in [-0.39, 0.29) is 5.91 Å². The van der Waals surface area contributed by atoms with E-state index in [0.29, 0.717) is 22.7 Å². The smallest absolute Gasteiger partial charge is 0.310 e. The highest BCUT2D eigenvalue weighted by atomic mass is 16.5. The molecule has 5 nitrogen and oxygen atoms in total. The monoisotopic (exact) mass is 339 g/mol. The first-order valence-corrected chi connectivity index (χ1v) is 8.40. The van der Waals surface area contributed by atoms with E-state index in [0.717, 1.165) is 12.4 Å². The van der Waals surface area contributed by atoms with E-state index in [1.807, 2.05) is 0 Å². The topological polar surface area (TPSA) is 75.6 Å². The summed E-state index contributed by atoms with van der Waals surface area (Å²) in [6.45, 7) is 2.35. The summed E-state index contributed by atoms with van der Waals surface area (Å²) < 4.78 is 5.66. The molecule has 1 amide bonds. The number of amides is 1. The van der Waals surface area contributed by atoms with Crippen LogP contribution >= 0.6 is 0 Å². The number of carboxylic acid groups (broad SMARTS) is 1. The molecule has 0 aliphatic heterocycles. The molecule has 1 saturated carbocycles. The summed E-state index contributed by atoms with van der Waals surface area (Å²) in [7, 11) is 0. The van der Waals surface area contributed by atoms with Crippen molar-refractivity contribution in [2.75, 3.05) is 11.9 Å². The number of carbonyl (C=O) groups excluding carboxylic acids is 1. The second-order valence-corrected chi connectivity index (χ2v) is 6.42. The minimum absolute atomic E-state index is 0.242. The summed E-state index contributed by atoms with van der Waals surface area (Å²) in [5, 5.41) is 11.9. The Labute approximate surface area is 146 Å². The Kier molecular flexibility index (Phi) is 5.03. The van der Waals surface area contributed by atoms with Gasteiger partial charge in [-0.2, -0.15) is 0 Å². The van der Waals surface area contributed by atoms with Gasteiger partial charge in [-0.25, -0.2) is 0 Å². The Morgan fingerprint density at radius 2 is 1.92 bits per heavy atom. The van der Waals surface area contributed by atoms with Gasteiger partial charge in [-0.1, -0.05) is 12.1 Å². The molecule has 0 heterocycles. The molecule has 25 heavy (non-hydrogen) atoms. The fraction of sp³-hybridized carbons (Fsp3) is 0.300. The minimum atomic E-state index is -0.898. The van der Waals surface area contributed by atoms with Gasteiger partial charge in [0.1, 0.15) is 5.75 Å². The lowest BCUT2D eigenvalue weighted by molar-refractivity contribution is -0.138. The Morgan fingerprint density at radius 3 is 2.56 bits per heavy atom. The van der Waals surface area contributed by atoms with Gasteiger partial charge in [0.2, 0.25) is 0 Å². The maximum absolute atomic E-state index is 12.3. The fourth-order valence-electron chi connectivity index (χ4n) is 2.43. The van der Waals surface area contributed by atoms with Gasteiger partial charge in [0, 0.05) is 11.3 Å². The summed E-state index contributed by atoms with van der Waals surface area (Å²) in [6, 6.07) is 13.9. The van der Waals surface area contributed by atoms with Crippen LogP contribution in [-0.2, 0) is 4.79 Å². The van der Waals surface area contributed by atoms with Crippen molar-refractivity contribution in [2.45, 2.75) is 25.7 Å². The molecule has 0 spiro atoms. The summed E-state index contributed by atoms with van der Waals surface area (Å²) >= 11 is 0. The number of rotatable bonds is 7. The second-order valence-electron chi connectivity index (χ2n) is 6.42. The standard InChI is InChI=1S/C20H21NO4/c1-13(20(23)24)16-3-2-4-17(11-16)21-19(22)15-7-9-18(10-8-15)25-12-14-5-6-14/h2-4,7-11,13-14H,5-6,12H2,1H3,(H,21,22)(H,23,24). The first kappa shape index (κ1) is 17.0. The van der Waals surface area contributed by atoms with E-state index in [4.69, 9.17) is 9.84 Å². The van der Waals surface area contributed by atoms with Crippen molar-refractivity contribution >= 4 is 17.6 Å². The number of carbonyl (C=O) groups is 2. The number of hydrogen-bond donors (Lipinski definition) is 2. The molecule has 0 radical (unpaired) electrons. The van der Waals surface area contributed by atoms with Crippen LogP contribution in [0.3, 0.4) is 0 Å². The van der Waals surface area contributed by atoms with E-state index in [1.165, 1.54) is 12.8 Å². The zero-order valence-electron chi connectivity index (χ0n) is 14.1. The van der Waals surface area contributed by atoms with Crippen molar-refractivity contribution < 1.29 is 19.4 Å². The lowest BCUT2D eigenvalue weighted by Crippen LogP contribution is -2.13. The first-order chi connectivity index (χ1) is 12.0. The Balaban J connectivity index is 1.63. The van der Waals surface area contributed by atoms with E-state index in [2.05, 4.69) is 5.32 Å². The minimum Gasteiger partial charge on any atom is -0.493 e. The third-order valence-corrected chi connectivity index (χ3v) is 4.31. The molecule has 0 saturated heterocycles. The van der Waals surface area contributed by atoms with Gasteiger partial charge in [0.25, 0.3) is 5.91 Å². The number of nitrogens with one attached hydrogen (secondary N) is 1. The largest absolute Gasteiger partial charge is 0.493 e. The molecule has 2 N–H and O–H groups in total. The van der Waals surface area contributed by atoms with Gasteiger partial charge in [-0.3, -0.25) is 9.59 Å². The van der Waals surface area contributed by atoms with Crippen molar-refractivity contribution in [3.8, 4) is 5.75 Å². The number of benzene rings is 2.